The zero-order valence-corrected chi connectivity index (χ0v) is 16.0. The van der Waals surface area contributed by atoms with Crippen LogP contribution in [0, 0.1) is 0 Å². The lowest BCUT2D eigenvalue weighted by Gasteiger charge is -2.35. The average Bonchev–Trinajstić information content (AvgIpc) is 3.20. The van der Waals surface area contributed by atoms with Gasteiger partial charge in [0.1, 0.15) is 5.75 Å². The Bertz CT molecular complexity index is 834. The molecule has 2 aromatic carbocycles. The molecule has 2 aliphatic rings. The summed E-state index contributed by atoms with van der Waals surface area (Å²) >= 11 is 0. The number of nitrogens with one attached hydrogen (secondary N) is 1. The van der Waals surface area contributed by atoms with Crippen LogP contribution in [0.1, 0.15) is 5.56 Å². The van der Waals surface area contributed by atoms with E-state index in [1.807, 2.05) is 41.3 Å². The smallest absolute Gasteiger partial charge is 0.241 e. The Balaban J connectivity index is 1.23. The van der Waals surface area contributed by atoms with Crippen LogP contribution in [0.2, 0.25) is 0 Å². The number of anilines is 1. The normalized spacial score (nSPS) is 16.1. The van der Waals surface area contributed by atoms with Crippen molar-refractivity contribution in [2.45, 2.75) is 6.54 Å². The monoisotopic (exact) mass is 383 g/mol. The van der Waals surface area contributed by atoms with E-state index in [2.05, 4.69) is 16.3 Å². The molecule has 0 saturated carbocycles. The summed E-state index contributed by atoms with van der Waals surface area (Å²) in [7, 11) is 1.63. The van der Waals surface area contributed by atoms with E-state index in [-0.39, 0.29) is 12.5 Å². The van der Waals surface area contributed by atoms with Crippen molar-refractivity contribution in [2.75, 3.05) is 51.9 Å². The maximum absolute atomic E-state index is 12.5. The zero-order valence-electron chi connectivity index (χ0n) is 16.0. The number of piperazine rings is 1. The second-order valence-electron chi connectivity index (χ2n) is 6.93. The lowest BCUT2D eigenvalue weighted by atomic mass is 10.1. The van der Waals surface area contributed by atoms with Gasteiger partial charge in [-0.3, -0.25) is 9.69 Å². The molecule has 0 unspecified atom stereocenters. The van der Waals surface area contributed by atoms with E-state index in [1.54, 1.807) is 7.11 Å². The number of carbonyl (C=O) groups excluding carboxylic acids is 1. The van der Waals surface area contributed by atoms with Crippen LogP contribution >= 0.6 is 0 Å². The van der Waals surface area contributed by atoms with Crippen molar-refractivity contribution in [1.82, 2.24) is 9.80 Å². The molecule has 0 bridgehead atoms. The first-order valence-corrected chi connectivity index (χ1v) is 9.48. The van der Waals surface area contributed by atoms with E-state index in [4.69, 9.17) is 14.2 Å². The highest BCUT2D eigenvalue weighted by Gasteiger charge is 2.21. The molecule has 2 aromatic rings. The highest BCUT2D eigenvalue weighted by atomic mass is 16.7. The summed E-state index contributed by atoms with van der Waals surface area (Å²) in [5.41, 5.74) is 2.08. The maximum Gasteiger partial charge on any atom is 0.241 e. The second-order valence-corrected chi connectivity index (χ2v) is 6.93. The topological polar surface area (TPSA) is 63.3 Å². The number of rotatable bonds is 6. The van der Waals surface area contributed by atoms with Crippen molar-refractivity contribution < 1.29 is 19.0 Å². The van der Waals surface area contributed by atoms with Crippen LogP contribution in [0.15, 0.2) is 42.5 Å². The van der Waals surface area contributed by atoms with Gasteiger partial charge < -0.3 is 24.4 Å². The third-order valence-corrected chi connectivity index (χ3v) is 5.08. The second kappa shape index (κ2) is 8.39. The number of hydrogen-bond acceptors (Lipinski definition) is 6. The lowest BCUT2D eigenvalue weighted by molar-refractivity contribution is -0.131. The quantitative estimate of drug-likeness (QED) is 0.825. The first-order valence-electron chi connectivity index (χ1n) is 9.48. The van der Waals surface area contributed by atoms with Crippen molar-refractivity contribution in [2.24, 2.45) is 0 Å². The largest absolute Gasteiger partial charge is 0.497 e. The molecule has 0 aromatic heterocycles. The lowest BCUT2D eigenvalue weighted by Crippen LogP contribution is -2.49. The Hall–Kier alpha value is -2.93. The first kappa shape index (κ1) is 18.4. The number of carbonyl (C=O) groups is 1. The van der Waals surface area contributed by atoms with Crippen LogP contribution in [0.3, 0.4) is 0 Å². The Morgan fingerprint density at radius 1 is 1.07 bits per heavy atom. The zero-order chi connectivity index (χ0) is 19.3. The third kappa shape index (κ3) is 4.31. The molecule has 7 heteroatoms. The molecule has 0 atom stereocenters. The number of nitrogens with zero attached hydrogens (tertiary/aromatic N) is 2. The van der Waals surface area contributed by atoms with Crippen LogP contribution in [-0.2, 0) is 11.3 Å². The van der Waals surface area contributed by atoms with Gasteiger partial charge >= 0.3 is 0 Å². The minimum Gasteiger partial charge on any atom is -0.497 e. The molecular formula is C21H25N3O4. The Kier molecular flexibility index (Phi) is 5.53. The predicted molar refractivity (Wildman–Crippen MR) is 106 cm³/mol. The van der Waals surface area contributed by atoms with E-state index >= 15 is 0 Å². The summed E-state index contributed by atoms with van der Waals surface area (Å²) in [4.78, 5) is 16.8. The minimum absolute atomic E-state index is 0.116. The summed E-state index contributed by atoms with van der Waals surface area (Å²) in [5.74, 6) is 2.51. The summed E-state index contributed by atoms with van der Waals surface area (Å²) in [6.45, 7) is 4.63. The fourth-order valence-corrected chi connectivity index (χ4v) is 3.48. The Labute approximate surface area is 164 Å². The number of ether oxygens (including phenoxy) is 3. The molecular weight excluding hydrogens is 358 g/mol. The molecule has 1 amide bonds. The molecule has 1 fully saturated rings. The van der Waals surface area contributed by atoms with Crippen LogP contribution in [0.4, 0.5) is 5.69 Å². The van der Waals surface area contributed by atoms with Crippen molar-refractivity contribution in [1.29, 1.82) is 0 Å². The van der Waals surface area contributed by atoms with Gasteiger partial charge in [-0.25, -0.2) is 0 Å². The fourth-order valence-electron chi connectivity index (χ4n) is 3.48. The molecule has 1 N–H and O–H groups in total. The average molecular weight is 383 g/mol. The summed E-state index contributed by atoms with van der Waals surface area (Å²) in [5, 5.41) is 3.18. The highest BCUT2D eigenvalue weighted by molar-refractivity contribution is 5.81. The maximum atomic E-state index is 12.5. The molecule has 4 rings (SSSR count). The molecule has 7 nitrogen and oxygen atoms in total. The van der Waals surface area contributed by atoms with Gasteiger partial charge in [0.15, 0.2) is 11.5 Å². The third-order valence-electron chi connectivity index (χ3n) is 5.08. The van der Waals surface area contributed by atoms with Crippen LogP contribution in [0.25, 0.3) is 0 Å². The predicted octanol–water partition coefficient (Wildman–Crippen LogP) is 2.18. The number of methoxy groups -OCH3 is 1. The van der Waals surface area contributed by atoms with Gasteiger partial charge in [-0.1, -0.05) is 12.1 Å². The number of benzene rings is 2. The van der Waals surface area contributed by atoms with Crippen molar-refractivity contribution in [3.8, 4) is 17.2 Å². The first-order chi connectivity index (χ1) is 13.7. The van der Waals surface area contributed by atoms with Gasteiger partial charge in [0.25, 0.3) is 0 Å². The van der Waals surface area contributed by atoms with E-state index in [9.17, 15) is 4.79 Å². The fraction of sp³-hybridized carbons (Fsp3) is 0.381. The van der Waals surface area contributed by atoms with Gasteiger partial charge in [0.05, 0.1) is 13.7 Å². The number of amides is 1. The molecule has 148 valence electrons. The molecule has 1 saturated heterocycles. The molecule has 2 heterocycles. The Morgan fingerprint density at radius 3 is 2.71 bits per heavy atom. The van der Waals surface area contributed by atoms with Crippen molar-refractivity contribution in [3.05, 3.63) is 48.0 Å². The van der Waals surface area contributed by atoms with E-state index in [0.29, 0.717) is 6.79 Å². The molecule has 0 spiro atoms. The van der Waals surface area contributed by atoms with Gasteiger partial charge in [0, 0.05) is 44.5 Å². The van der Waals surface area contributed by atoms with Crippen molar-refractivity contribution >= 4 is 11.6 Å². The van der Waals surface area contributed by atoms with Gasteiger partial charge in [-0.05, 0) is 29.8 Å². The minimum atomic E-state index is 0.116. The van der Waals surface area contributed by atoms with Crippen LogP contribution in [-0.4, -0.2) is 62.3 Å². The molecule has 0 aliphatic carbocycles. The van der Waals surface area contributed by atoms with E-state index < -0.39 is 0 Å². The van der Waals surface area contributed by atoms with Gasteiger partial charge in [-0.15, -0.1) is 0 Å². The summed E-state index contributed by atoms with van der Waals surface area (Å²) in [6.07, 6.45) is 0. The number of fused-ring (bicyclic) bond motifs is 1. The van der Waals surface area contributed by atoms with Crippen molar-refractivity contribution in [3.63, 3.8) is 0 Å². The number of hydrogen-bond donors (Lipinski definition) is 1. The summed E-state index contributed by atoms with van der Waals surface area (Å²) < 4.78 is 16.0. The molecule has 2 aliphatic heterocycles. The van der Waals surface area contributed by atoms with E-state index in [0.717, 1.165) is 55.7 Å². The standard InChI is InChI=1S/C21H25N3O4/c1-26-18-4-2-3-17(12-18)22-13-21(25)24-9-7-23(8-10-24)14-16-5-6-19-20(11-16)28-15-27-19/h2-6,11-12,22H,7-10,13-15H2,1H3. The SMILES string of the molecule is COc1cccc(NCC(=O)N2CCN(Cc3ccc4c(c3)OCO4)CC2)c1. The Morgan fingerprint density at radius 2 is 1.89 bits per heavy atom. The van der Waals surface area contributed by atoms with Gasteiger partial charge in [0.2, 0.25) is 12.7 Å². The molecule has 28 heavy (non-hydrogen) atoms. The summed E-state index contributed by atoms with van der Waals surface area (Å²) in [6, 6.07) is 13.7. The highest BCUT2D eigenvalue weighted by Crippen LogP contribution is 2.32. The molecule has 0 radical (unpaired) electrons. The van der Waals surface area contributed by atoms with Crippen LogP contribution < -0.4 is 19.5 Å². The van der Waals surface area contributed by atoms with E-state index in [1.165, 1.54) is 5.56 Å². The van der Waals surface area contributed by atoms with Gasteiger partial charge in [-0.2, -0.15) is 0 Å². The van der Waals surface area contributed by atoms with Crippen LogP contribution in [0.5, 0.6) is 17.2 Å².